The molecule has 4 heteroatoms. The van der Waals surface area contributed by atoms with Crippen molar-refractivity contribution in [2.24, 2.45) is 5.92 Å². The van der Waals surface area contributed by atoms with E-state index in [1.54, 1.807) is 0 Å². The van der Waals surface area contributed by atoms with Gasteiger partial charge in [0, 0.05) is 12.2 Å². The van der Waals surface area contributed by atoms with Gasteiger partial charge in [-0.3, -0.25) is 4.79 Å². The SMILES string of the molecule is CCOC1(C(=O)c2cc(F)ccc2Cl)CCCC(C)C1. The smallest absolute Gasteiger partial charge is 0.196 e. The third kappa shape index (κ3) is 3.04. The van der Waals surface area contributed by atoms with Crippen LogP contribution in [0.15, 0.2) is 18.2 Å². The molecule has 1 aromatic carbocycles. The first-order chi connectivity index (χ1) is 9.48. The molecule has 20 heavy (non-hydrogen) atoms. The Morgan fingerprint density at radius 2 is 2.30 bits per heavy atom. The summed E-state index contributed by atoms with van der Waals surface area (Å²) in [6.45, 7) is 4.46. The molecule has 1 aromatic rings. The van der Waals surface area contributed by atoms with Gasteiger partial charge in [0.05, 0.1) is 5.02 Å². The Hall–Kier alpha value is -0.930. The Labute approximate surface area is 124 Å². The van der Waals surface area contributed by atoms with Crippen LogP contribution in [0.3, 0.4) is 0 Å². The van der Waals surface area contributed by atoms with Crippen molar-refractivity contribution >= 4 is 17.4 Å². The van der Waals surface area contributed by atoms with E-state index in [4.69, 9.17) is 16.3 Å². The monoisotopic (exact) mass is 298 g/mol. The predicted molar refractivity (Wildman–Crippen MR) is 77.7 cm³/mol. The summed E-state index contributed by atoms with van der Waals surface area (Å²) in [4.78, 5) is 12.9. The summed E-state index contributed by atoms with van der Waals surface area (Å²) in [7, 11) is 0. The summed E-state index contributed by atoms with van der Waals surface area (Å²) in [5.74, 6) is -0.213. The molecule has 1 fully saturated rings. The molecule has 1 aliphatic carbocycles. The quantitative estimate of drug-likeness (QED) is 0.757. The number of ketones is 1. The summed E-state index contributed by atoms with van der Waals surface area (Å²) < 4.78 is 19.2. The maximum Gasteiger partial charge on any atom is 0.196 e. The van der Waals surface area contributed by atoms with Gasteiger partial charge in [-0.15, -0.1) is 0 Å². The Morgan fingerprint density at radius 1 is 1.55 bits per heavy atom. The van der Waals surface area contributed by atoms with Gasteiger partial charge in [0.25, 0.3) is 0 Å². The van der Waals surface area contributed by atoms with Crippen LogP contribution in [0.2, 0.25) is 5.02 Å². The normalized spacial score (nSPS) is 26.5. The first kappa shape index (κ1) is 15.5. The van der Waals surface area contributed by atoms with Gasteiger partial charge >= 0.3 is 0 Å². The zero-order valence-electron chi connectivity index (χ0n) is 11.9. The van der Waals surface area contributed by atoms with E-state index < -0.39 is 11.4 Å². The molecule has 110 valence electrons. The van der Waals surface area contributed by atoms with Crippen LogP contribution in [0, 0.1) is 11.7 Å². The highest BCUT2D eigenvalue weighted by atomic mass is 35.5. The molecule has 2 unspecified atom stereocenters. The van der Waals surface area contributed by atoms with Crippen LogP contribution in [0.4, 0.5) is 4.39 Å². The molecule has 1 saturated carbocycles. The molecule has 2 rings (SSSR count). The third-order valence-electron chi connectivity index (χ3n) is 3.96. The Bertz CT molecular complexity index is 499. The number of carbonyl (C=O) groups excluding carboxylic acids is 1. The summed E-state index contributed by atoms with van der Waals surface area (Å²) in [6, 6.07) is 3.90. The van der Waals surface area contributed by atoms with Crippen LogP contribution in [-0.2, 0) is 4.74 Å². The zero-order valence-corrected chi connectivity index (χ0v) is 12.7. The van der Waals surface area contributed by atoms with Crippen molar-refractivity contribution in [2.75, 3.05) is 6.61 Å². The van der Waals surface area contributed by atoms with Gasteiger partial charge in [-0.25, -0.2) is 4.39 Å². The molecule has 2 nitrogen and oxygen atoms in total. The predicted octanol–water partition coefficient (Wildman–Crippen LogP) is 4.65. The number of hydrogen-bond acceptors (Lipinski definition) is 2. The molecule has 0 spiro atoms. The highest BCUT2D eigenvalue weighted by molar-refractivity contribution is 6.34. The van der Waals surface area contributed by atoms with Crippen LogP contribution in [-0.4, -0.2) is 18.0 Å². The van der Waals surface area contributed by atoms with Gasteiger partial charge in [0.2, 0.25) is 0 Å². The molecule has 0 N–H and O–H groups in total. The third-order valence-corrected chi connectivity index (χ3v) is 4.29. The van der Waals surface area contributed by atoms with Crippen LogP contribution in [0.5, 0.6) is 0 Å². The first-order valence-corrected chi connectivity index (χ1v) is 7.50. The summed E-state index contributed by atoms with van der Waals surface area (Å²) in [5.41, 5.74) is -0.613. The van der Waals surface area contributed by atoms with E-state index in [0.29, 0.717) is 25.4 Å². The van der Waals surface area contributed by atoms with Gasteiger partial charge in [-0.2, -0.15) is 0 Å². The Kier molecular flexibility index (Phi) is 4.82. The van der Waals surface area contributed by atoms with E-state index in [1.807, 2.05) is 6.92 Å². The van der Waals surface area contributed by atoms with Crippen molar-refractivity contribution in [3.05, 3.63) is 34.6 Å². The van der Waals surface area contributed by atoms with Crippen LogP contribution < -0.4 is 0 Å². The molecule has 0 saturated heterocycles. The van der Waals surface area contributed by atoms with Crippen molar-refractivity contribution in [2.45, 2.75) is 45.1 Å². The Morgan fingerprint density at radius 3 is 2.95 bits per heavy atom. The van der Waals surface area contributed by atoms with E-state index in [0.717, 1.165) is 12.8 Å². The minimum Gasteiger partial charge on any atom is -0.367 e. The number of Topliss-reactive ketones (excluding diaryl/α,β-unsaturated/α-hetero) is 1. The largest absolute Gasteiger partial charge is 0.367 e. The second kappa shape index (κ2) is 6.23. The lowest BCUT2D eigenvalue weighted by atomic mass is 9.74. The molecule has 0 amide bonds. The van der Waals surface area contributed by atoms with E-state index in [1.165, 1.54) is 18.2 Å². The molecule has 0 radical (unpaired) electrons. The topological polar surface area (TPSA) is 26.3 Å². The van der Waals surface area contributed by atoms with Crippen LogP contribution in [0.25, 0.3) is 0 Å². The first-order valence-electron chi connectivity index (χ1n) is 7.12. The number of halogens is 2. The molecular formula is C16H20ClFO2. The lowest BCUT2D eigenvalue weighted by Gasteiger charge is -2.38. The van der Waals surface area contributed by atoms with Gasteiger partial charge in [-0.1, -0.05) is 24.9 Å². The maximum atomic E-state index is 13.4. The fraction of sp³-hybridized carbons (Fsp3) is 0.562. The lowest BCUT2D eigenvalue weighted by molar-refractivity contribution is -0.0511. The van der Waals surface area contributed by atoms with Crippen molar-refractivity contribution in [1.29, 1.82) is 0 Å². The molecule has 0 aromatic heterocycles. The van der Waals surface area contributed by atoms with E-state index in [2.05, 4.69) is 6.92 Å². The van der Waals surface area contributed by atoms with Crippen molar-refractivity contribution in [1.82, 2.24) is 0 Å². The van der Waals surface area contributed by atoms with Crippen molar-refractivity contribution < 1.29 is 13.9 Å². The second-order valence-corrected chi connectivity index (χ2v) is 5.99. The average Bonchev–Trinajstić information content (AvgIpc) is 2.41. The van der Waals surface area contributed by atoms with E-state index in [9.17, 15) is 9.18 Å². The molecule has 0 heterocycles. The standard InChI is InChI=1S/C16H20ClFO2/c1-3-20-16(8-4-5-11(2)10-16)15(19)13-9-12(18)6-7-14(13)17/h6-7,9,11H,3-5,8,10H2,1-2H3. The van der Waals surface area contributed by atoms with Gasteiger partial charge in [-0.05, 0) is 50.3 Å². The van der Waals surface area contributed by atoms with Crippen molar-refractivity contribution in [3.8, 4) is 0 Å². The van der Waals surface area contributed by atoms with Gasteiger partial charge < -0.3 is 4.74 Å². The summed E-state index contributed by atoms with van der Waals surface area (Å²) >= 11 is 6.07. The molecule has 1 aliphatic rings. The van der Waals surface area contributed by atoms with Gasteiger partial charge in [0.15, 0.2) is 5.78 Å². The van der Waals surface area contributed by atoms with Crippen LogP contribution >= 0.6 is 11.6 Å². The fourth-order valence-electron chi connectivity index (χ4n) is 3.10. The minimum atomic E-state index is -0.843. The lowest BCUT2D eigenvalue weighted by Crippen LogP contribution is -2.45. The number of carbonyl (C=O) groups is 1. The summed E-state index contributed by atoms with van der Waals surface area (Å²) in [6.07, 6.45) is 3.39. The second-order valence-electron chi connectivity index (χ2n) is 5.58. The maximum absolute atomic E-state index is 13.4. The number of hydrogen-bond donors (Lipinski definition) is 0. The number of ether oxygens (including phenoxy) is 1. The molecule has 2 atom stereocenters. The Balaban J connectivity index is 2.38. The highest BCUT2D eigenvalue weighted by Gasteiger charge is 2.43. The van der Waals surface area contributed by atoms with Gasteiger partial charge in [0.1, 0.15) is 11.4 Å². The van der Waals surface area contributed by atoms with E-state index in [-0.39, 0.29) is 16.4 Å². The fourth-order valence-corrected chi connectivity index (χ4v) is 3.30. The van der Waals surface area contributed by atoms with Crippen molar-refractivity contribution in [3.63, 3.8) is 0 Å². The number of benzene rings is 1. The van der Waals surface area contributed by atoms with Crippen LogP contribution in [0.1, 0.15) is 49.9 Å². The molecule has 0 aliphatic heterocycles. The molecule has 0 bridgehead atoms. The highest BCUT2D eigenvalue weighted by Crippen LogP contribution is 2.38. The average molecular weight is 299 g/mol. The zero-order chi connectivity index (χ0) is 14.8. The molecular weight excluding hydrogens is 279 g/mol. The minimum absolute atomic E-state index is 0.185. The summed E-state index contributed by atoms with van der Waals surface area (Å²) in [5, 5.41) is 0.286. The van der Waals surface area contributed by atoms with E-state index >= 15 is 0 Å². The number of rotatable bonds is 4.